The van der Waals surface area contributed by atoms with E-state index in [2.05, 4.69) is 169 Å². The van der Waals surface area contributed by atoms with E-state index in [0.717, 1.165) is 11.4 Å². The number of hydrogen-bond acceptors (Lipinski definition) is 1. The summed E-state index contributed by atoms with van der Waals surface area (Å²) in [5.74, 6) is 0. The van der Waals surface area contributed by atoms with Crippen molar-refractivity contribution in [1.29, 1.82) is 0 Å². The minimum atomic E-state index is 1.14. The minimum absolute atomic E-state index is 1.14. The van der Waals surface area contributed by atoms with Gasteiger partial charge in [0.25, 0.3) is 0 Å². The smallest absolute Gasteiger partial charge is 0.0540 e. The summed E-state index contributed by atoms with van der Waals surface area (Å²) in [6.45, 7) is 0. The van der Waals surface area contributed by atoms with Gasteiger partial charge < -0.3 is 4.90 Å². The van der Waals surface area contributed by atoms with Crippen molar-refractivity contribution in [2.45, 2.75) is 0 Å². The number of rotatable bonds is 4. The fourth-order valence-corrected chi connectivity index (χ4v) is 6.39. The highest BCUT2D eigenvalue weighted by molar-refractivity contribution is 6.26. The van der Waals surface area contributed by atoms with E-state index in [4.69, 9.17) is 0 Å². The summed E-state index contributed by atoms with van der Waals surface area (Å²) >= 11 is 0. The molecule has 0 aromatic heterocycles. The first-order chi connectivity index (χ1) is 20.4. The second-order valence-corrected chi connectivity index (χ2v) is 10.5. The number of benzene rings is 8. The molecule has 0 aliphatic carbocycles. The number of nitrogens with zero attached hydrogens (tertiary/aromatic N) is 1. The van der Waals surface area contributed by atoms with Crippen LogP contribution in [0, 0.1) is 0 Å². The Bertz CT molecular complexity index is 2120. The Labute approximate surface area is 239 Å². The molecule has 0 aliphatic rings. The Morgan fingerprint density at radius 1 is 0.293 bits per heavy atom. The molecule has 0 spiro atoms. The Hall–Kier alpha value is -5.40. The van der Waals surface area contributed by atoms with Crippen LogP contribution >= 0.6 is 0 Å². The molecule has 0 saturated heterocycles. The number of fused-ring (bicyclic) bond motifs is 7. The molecule has 8 rings (SSSR count). The van der Waals surface area contributed by atoms with E-state index < -0.39 is 0 Å². The van der Waals surface area contributed by atoms with E-state index in [9.17, 15) is 0 Å². The maximum Gasteiger partial charge on any atom is 0.0540 e. The normalized spacial score (nSPS) is 11.4. The van der Waals surface area contributed by atoms with Gasteiger partial charge in [0.1, 0.15) is 0 Å². The molecule has 8 aromatic carbocycles. The highest BCUT2D eigenvalue weighted by atomic mass is 15.1. The standard InChI is InChI=1S/C40H27N/c1-3-13-29(14-4-1)41(30-15-5-2-6-16-30)40-26-25-31(32-17-11-12-22-38(32)40)28-23-24-37-35-20-8-7-18-33(35)34-19-9-10-21-36(34)39(37)27-28/h1-27H. The second kappa shape index (κ2) is 9.66. The van der Waals surface area contributed by atoms with Gasteiger partial charge in [-0.25, -0.2) is 0 Å². The number of anilines is 3. The van der Waals surface area contributed by atoms with Crippen molar-refractivity contribution in [3.8, 4) is 11.1 Å². The van der Waals surface area contributed by atoms with Gasteiger partial charge in [0.15, 0.2) is 0 Å². The zero-order valence-electron chi connectivity index (χ0n) is 22.5. The lowest BCUT2D eigenvalue weighted by molar-refractivity contribution is 1.30. The van der Waals surface area contributed by atoms with E-state index in [1.54, 1.807) is 0 Å². The third-order valence-corrected chi connectivity index (χ3v) is 8.23. The molecule has 192 valence electrons. The molecule has 0 aliphatic heterocycles. The van der Waals surface area contributed by atoms with Crippen molar-refractivity contribution in [3.05, 3.63) is 164 Å². The molecule has 0 radical (unpaired) electrons. The SMILES string of the molecule is c1ccc(N(c2ccccc2)c2ccc(-c3ccc4c5ccccc5c5ccccc5c4c3)c3ccccc23)cc1. The average molecular weight is 522 g/mol. The van der Waals surface area contributed by atoms with Crippen LogP contribution < -0.4 is 4.90 Å². The average Bonchev–Trinajstić information content (AvgIpc) is 3.06. The maximum absolute atomic E-state index is 2.39. The summed E-state index contributed by atoms with van der Waals surface area (Å²) < 4.78 is 0. The highest BCUT2D eigenvalue weighted by Gasteiger charge is 2.17. The van der Waals surface area contributed by atoms with E-state index >= 15 is 0 Å². The summed E-state index contributed by atoms with van der Waals surface area (Å²) in [5, 5.41) is 10.3. The lowest BCUT2D eigenvalue weighted by atomic mass is 9.90. The topological polar surface area (TPSA) is 3.24 Å². The van der Waals surface area contributed by atoms with Crippen molar-refractivity contribution < 1.29 is 0 Å². The van der Waals surface area contributed by atoms with Gasteiger partial charge in [-0.2, -0.15) is 0 Å². The first-order valence-corrected chi connectivity index (χ1v) is 14.1. The molecule has 0 bridgehead atoms. The van der Waals surface area contributed by atoms with Crippen LogP contribution in [-0.2, 0) is 0 Å². The minimum Gasteiger partial charge on any atom is -0.310 e. The van der Waals surface area contributed by atoms with E-state index in [-0.39, 0.29) is 0 Å². The third kappa shape index (κ3) is 3.86. The molecule has 0 saturated carbocycles. The van der Waals surface area contributed by atoms with Crippen molar-refractivity contribution >= 4 is 60.2 Å². The van der Waals surface area contributed by atoms with Crippen LogP contribution in [-0.4, -0.2) is 0 Å². The molecule has 1 nitrogen and oxygen atoms in total. The number of hydrogen-bond donors (Lipinski definition) is 0. The first-order valence-electron chi connectivity index (χ1n) is 14.1. The van der Waals surface area contributed by atoms with Crippen LogP contribution in [0.4, 0.5) is 17.1 Å². The Morgan fingerprint density at radius 3 is 1.29 bits per heavy atom. The lowest BCUT2D eigenvalue weighted by Crippen LogP contribution is -2.10. The van der Waals surface area contributed by atoms with Gasteiger partial charge in [-0.05, 0) is 85.2 Å². The van der Waals surface area contributed by atoms with Crippen LogP contribution in [0.3, 0.4) is 0 Å². The zero-order chi connectivity index (χ0) is 27.2. The first kappa shape index (κ1) is 23.5. The fraction of sp³-hybridized carbons (Fsp3) is 0. The van der Waals surface area contributed by atoms with Crippen molar-refractivity contribution in [2.75, 3.05) is 4.90 Å². The third-order valence-electron chi connectivity index (χ3n) is 8.23. The summed E-state index contributed by atoms with van der Waals surface area (Å²) in [6, 6.07) is 59.1. The monoisotopic (exact) mass is 521 g/mol. The molecule has 0 fully saturated rings. The fourth-order valence-electron chi connectivity index (χ4n) is 6.39. The van der Waals surface area contributed by atoms with Gasteiger partial charge in [-0.3, -0.25) is 0 Å². The van der Waals surface area contributed by atoms with Crippen molar-refractivity contribution in [1.82, 2.24) is 0 Å². The molecule has 0 N–H and O–H groups in total. The largest absolute Gasteiger partial charge is 0.310 e. The molecule has 0 amide bonds. The van der Waals surface area contributed by atoms with Gasteiger partial charge in [0.2, 0.25) is 0 Å². The summed E-state index contributed by atoms with van der Waals surface area (Å²) in [6.07, 6.45) is 0. The molecule has 0 heterocycles. The molecular weight excluding hydrogens is 494 g/mol. The second-order valence-electron chi connectivity index (χ2n) is 10.5. The molecule has 41 heavy (non-hydrogen) atoms. The molecule has 8 aromatic rings. The molecule has 0 unspecified atom stereocenters. The van der Waals surface area contributed by atoms with Crippen LogP contribution in [0.5, 0.6) is 0 Å². The predicted octanol–water partition coefficient (Wildman–Crippen LogP) is 11.4. The molecule has 0 atom stereocenters. The van der Waals surface area contributed by atoms with Crippen LogP contribution in [0.25, 0.3) is 54.2 Å². The van der Waals surface area contributed by atoms with Gasteiger partial charge in [-0.15, -0.1) is 0 Å². The van der Waals surface area contributed by atoms with Gasteiger partial charge in [-0.1, -0.05) is 127 Å². The number of para-hydroxylation sites is 2. The van der Waals surface area contributed by atoms with Gasteiger partial charge in [0, 0.05) is 16.8 Å². The van der Waals surface area contributed by atoms with Crippen LogP contribution in [0.2, 0.25) is 0 Å². The van der Waals surface area contributed by atoms with E-state index in [0.29, 0.717) is 0 Å². The molecule has 1 heteroatoms. The van der Waals surface area contributed by atoms with E-state index in [1.807, 2.05) is 0 Å². The zero-order valence-corrected chi connectivity index (χ0v) is 22.5. The van der Waals surface area contributed by atoms with Crippen molar-refractivity contribution in [3.63, 3.8) is 0 Å². The maximum atomic E-state index is 2.39. The van der Waals surface area contributed by atoms with Gasteiger partial charge >= 0.3 is 0 Å². The lowest BCUT2D eigenvalue weighted by Gasteiger charge is -2.27. The Balaban J connectivity index is 1.37. The van der Waals surface area contributed by atoms with Crippen LogP contribution in [0.1, 0.15) is 0 Å². The molecular formula is C40H27N. The highest BCUT2D eigenvalue weighted by Crippen LogP contribution is 2.43. The van der Waals surface area contributed by atoms with Crippen LogP contribution in [0.15, 0.2) is 164 Å². The predicted molar refractivity (Wildman–Crippen MR) is 177 cm³/mol. The Kier molecular flexibility index (Phi) is 5.53. The van der Waals surface area contributed by atoms with E-state index in [1.165, 1.54) is 59.9 Å². The van der Waals surface area contributed by atoms with Crippen molar-refractivity contribution in [2.24, 2.45) is 0 Å². The Morgan fingerprint density at radius 2 is 0.732 bits per heavy atom. The quantitative estimate of drug-likeness (QED) is 0.208. The summed E-state index contributed by atoms with van der Waals surface area (Å²) in [7, 11) is 0. The van der Waals surface area contributed by atoms with Gasteiger partial charge in [0.05, 0.1) is 5.69 Å². The summed E-state index contributed by atoms with van der Waals surface area (Å²) in [5.41, 5.74) is 5.91. The summed E-state index contributed by atoms with van der Waals surface area (Å²) in [4.78, 5) is 2.35.